The molecule has 2 rings (SSSR count). The van der Waals surface area contributed by atoms with Gasteiger partial charge >= 0.3 is 5.97 Å². The number of benzene rings is 1. The molecule has 102 valence electrons. The lowest BCUT2D eigenvalue weighted by Gasteiger charge is -1.98. The van der Waals surface area contributed by atoms with Gasteiger partial charge in [-0.2, -0.15) is 0 Å². The summed E-state index contributed by atoms with van der Waals surface area (Å²) in [6.07, 6.45) is 0.602. The van der Waals surface area contributed by atoms with Crippen LogP contribution in [-0.2, 0) is 0 Å². The van der Waals surface area contributed by atoms with Crippen molar-refractivity contribution in [1.82, 2.24) is 0 Å². The lowest BCUT2D eigenvalue weighted by atomic mass is 10.1. The van der Waals surface area contributed by atoms with Gasteiger partial charge in [0.1, 0.15) is 5.76 Å². The first kappa shape index (κ1) is 16.6. The fraction of sp³-hybridized carbons (Fsp3) is 0.200. The van der Waals surface area contributed by atoms with Crippen molar-refractivity contribution in [2.24, 2.45) is 0 Å². The molecule has 0 aliphatic heterocycles. The molecule has 0 fully saturated rings. The number of aromatic carboxylic acids is 1. The molecule has 1 aromatic heterocycles. The zero-order valence-electron chi connectivity index (χ0n) is 10.2. The number of aldehydes is 1. The molecule has 0 bridgehead atoms. The van der Waals surface area contributed by atoms with Gasteiger partial charge in [0, 0.05) is 5.56 Å². The predicted molar refractivity (Wildman–Crippen MR) is 74.6 cm³/mol. The van der Waals surface area contributed by atoms with Crippen molar-refractivity contribution in [3.05, 3.63) is 47.7 Å². The third-order valence-corrected chi connectivity index (χ3v) is 2.14. The number of carboxylic acid groups (broad SMARTS) is 1. The van der Waals surface area contributed by atoms with Crippen molar-refractivity contribution >= 4 is 12.3 Å². The Morgan fingerprint density at radius 2 is 1.89 bits per heavy atom. The Bertz CT molecular complexity index is 541. The molecule has 4 nitrogen and oxygen atoms in total. The van der Waals surface area contributed by atoms with Gasteiger partial charge in [0.25, 0.3) is 0 Å². The third-order valence-electron chi connectivity index (χ3n) is 2.14. The Morgan fingerprint density at radius 1 is 1.21 bits per heavy atom. The van der Waals surface area contributed by atoms with Crippen molar-refractivity contribution < 1.29 is 19.1 Å². The van der Waals surface area contributed by atoms with Crippen LogP contribution in [0, 0.1) is 0 Å². The molecule has 0 unspecified atom stereocenters. The van der Waals surface area contributed by atoms with E-state index < -0.39 is 5.97 Å². The van der Waals surface area contributed by atoms with E-state index in [0.717, 1.165) is 0 Å². The van der Waals surface area contributed by atoms with Crippen LogP contribution in [0.3, 0.4) is 0 Å². The Balaban J connectivity index is 0.00000103. The number of hydrogen-bond donors (Lipinski definition) is 1. The molecular weight excluding hydrogens is 244 g/mol. The normalized spacial score (nSPS) is 8.74. The van der Waals surface area contributed by atoms with Crippen molar-refractivity contribution in [3.63, 3.8) is 0 Å². The first-order chi connectivity index (χ1) is 8.70. The number of furan rings is 1. The maximum Gasteiger partial charge on any atom is 0.335 e. The van der Waals surface area contributed by atoms with E-state index in [1.165, 1.54) is 18.2 Å². The second-order valence-electron chi connectivity index (χ2n) is 3.21. The minimum absolute atomic E-state index is 0. The topological polar surface area (TPSA) is 67.5 Å². The minimum Gasteiger partial charge on any atom is -0.478 e. The van der Waals surface area contributed by atoms with Gasteiger partial charge in [-0.1, -0.05) is 33.4 Å². The largest absolute Gasteiger partial charge is 0.478 e. The van der Waals surface area contributed by atoms with Crippen LogP contribution in [-0.4, -0.2) is 17.4 Å². The molecule has 1 aromatic carbocycles. The van der Waals surface area contributed by atoms with Gasteiger partial charge in [-0.25, -0.2) is 4.79 Å². The summed E-state index contributed by atoms with van der Waals surface area (Å²) in [5, 5.41) is 8.82. The van der Waals surface area contributed by atoms with Gasteiger partial charge in [0.05, 0.1) is 5.56 Å². The summed E-state index contributed by atoms with van der Waals surface area (Å²) in [5.74, 6) is -0.301. The van der Waals surface area contributed by atoms with E-state index in [1.54, 1.807) is 18.2 Å². The summed E-state index contributed by atoms with van der Waals surface area (Å²) < 4.78 is 5.19. The quantitative estimate of drug-likeness (QED) is 0.845. The molecule has 0 aliphatic rings. The maximum atomic E-state index is 10.8. The summed E-state index contributed by atoms with van der Waals surface area (Å²) in [6, 6.07) is 9.51. The van der Waals surface area contributed by atoms with E-state index in [0.29, 0.717) is 17.6 Å². The van der Waals surface area contributed by atoms with Crippen LogP contribution in [0.4, 0.5) is 0 Å². The molecular formula is C15H18O4. The highest BCUT2D eigenvalue weighted by molar-refractivity contribution is 5.89. The van der Waals surface area contributed by atoms with E-state index in [4.69, 9.17) is 9.52 Å². The van der Waals surface area contributed by atoms with Crippen LogP contribution in [0.25, 0.3) is 11.3 Å². The van der Waals surface area contributed by atoms with E-state index >= 15 is 0 Å². The predicted octanol–water partition coefficient (Wildman–Crippen LogP) is 4.12. The standard InChI is InChI=1S/C12H8O4.C2H6.CH4/c13-7-10-4-5-11(16-10)8-2-1-3-9(6-8)12(14)15;1-2;/h1-7H,(H,14,15);1-2H3;1H4. The second-order valence-corrected chi connectivity index (χ2v) is 3.21. The van der Waals surface area contributed by atoms with Crippen LogP contribution in [0.5, 0.6) is 0 Å². The van der Waals surface area contributed by atoms with Crippen molar-refractivity contribution in [2.45, 2.75) is 21.3 Å². The molecule has 0 radical (unpaired) electrons. The van der Waals surface area contributed by atoms with E-state index in [1.807, 2.05) is 13.8 Å². The Hall–Kier alpha value is -2.36. The molecule has 0 saturated heterocycles. The zero-order valence-corrected chi connectivity index (χ0v) is 10.2. The molecule has 0 amide bonds. The summed E-state index contributed by atoms with van der Waals surface area (Å²) in [6.45, 7) is 4.00. The summed E-state index contributed by atoms with van der Waals surface area (Å²) in [4.78, 5) is 21.2. The molecule has 0 saturated carbocycles. The van der Waals surface area contributed by atoms with Gasteiger partial charge in [-0.15, -0.1) is 0 Å². The average Bonchev–Trinajstić information content (AvgIpc) is 2.90. The van der Waals surface area contributed by atoms with E-state index in [9.17, 15) is 9.59 Å². The summed E-state index contributed by atoms with van der Waals surface area (Å²) in [7, 11) is 0. The van der Waals surface area contributed by atoms with Crippen LogP contribution in [0.15, 0.2) is 40.8 Å². The van der Waals surface area contributed by atoms with Crippen LogP contribution < -0.4 is 0 Å². The minimum atomic E-state index is -0.996. The molecule has 1 N–H and O–H groups in total. The van der Waals surface area contributed by atoms with Crippen molar-refractivity contribution in [3.8, 4) is 11.3 Å². The zero-order chi connectivity index (χ0) is 13.5. The summed E-state index contributed by atoms with van der Waals surface area (Å²) in [5.41, 5.74) is 0.814. The molecule has 0 atom stereocenters. The Morgan fingerprint density at radius 3 is 2.42 bits per heavy atom. The van der Waals surface area contributed by atoms with Gasteiger partial charge in [-0.3, -0.25) is 4.79 Å². The summed E-state index contributed by atoms with van der Waals surface area (Å²) >= 11 is 0. The first-order valence-electron chi connectivity index (χ1n) is 5.59. The smallest absolute Gasteiger partial charge is 0.335 e. The van der Waals surface area contributed by atoms with Gasteiger partial charge in [0.2, 0.25) is 0 Å². The monoisotopic (exact) mass is 262 g/mol. The lowest BCUT2D eigenvalue weighted by molar-refractivity contribution is 0.0696. The Labute approximate surface area is 112 Å². The van der Waals surface area contributed by atoms with Gasteiger partial charge in [0.15, 0.2) is 12.0 Å². The molecule has 0 aliphatic carbocycles. The average molecular weight is 262 g/mol. The van der Waals surface area contributed by atoms with Crippen molar-refractivity contribution in [2.75, 3.05) is 0 Å². The van der Waals surface area contributed by atoms with E-state index in [2.05, 4.69) is 0 Å². The highest BCUT2D eigenvalue weighted by Crippen LogP contribution is 2.22. The van der Waals surface area contributed by atoms with E-state index in [-0.39, 0.29) is 18.8 Å². The number of rotatable bonds is 3. The Kier molecular flexibility index (Phi) is 6.89. The number of carbonyl (C=O) groups excluding carboxylic acids is 1. The molecule has 2 aromatic rings. The van der Waals surface area contributed by atoms with Gasteiger partial charge in [-0.05, 0) is 24.3 Å². The van der Waals surface area contributed by atoms with Crippen LogP contribution in [0.2, 0.25) is 0 Å². The van der Waals surface area contributed by atoms with Gasteiger partial charge < -0.3 is 9.52 Å². The number of hydrogen-bond acceptors (Lipinski definition) is 3. The van der Waals surface area contributed by atoms with Crippen LogP contribution >= 0.6 is 0 Å². The SMILES string of the molecule is C.CC.O=Cc1ccc(-c2cccc(C(=O)O)c2)o1. The first-order valence-corrected chi connectivity index (χ1v) is 5.59. The fourth-order valence-corrected chi connectivity index (χ4v) is 1.38. The number of carbonyl (C=O) groups is 2. The molecule has 19 heavy (non-hydrogen) atoms. The molecule has 0 spiro atoms. The lowest BCUT2D eigenvalue weighted by Crippen LogP contribution is -1.95. The third kappa shape index (κ3) is 4.10. The maximum absolute atomic E-state index is 10.8. The highest BCUT2D eigenvalue weighted by atomic mass is 16.4. The second kappa shape index (κ2) is 7.87. The number of carboxylic acids is 1. The van der Waals surface area contributed by atoms with Crippen molar-refractivity contribution in [1.29, 1.82) is 0 Å². The highest BCUT2D eigenvalue weighted by Gasteiger charge is 2.07. The molecule has 1 heterocycles. The van der Waals surface area contributed by atoms with Crippen LogP contribution in [0.1, 0.15) is 42.2 Å². The molecule has 4 heteroatoms. The fourth-order valence-electron chi connectivity index (χ4n) is 1.38.